The van der Waals surface area contributed by atoms with E-state index < -0.39 is 0 Å². The smallest absolute Gasteiger partial charge is 0.0195 e. The van der Waals surface area contributed by atoms with Crippen LogP contribution in [0.4, 0.5) is 0 Å². The van der Waals surface area contributed by atoms with E-state index in [0.29, 0.717) is 0 Å². The molecule has 0 aliphatic heterocycles. The molecule has 2 heteroatoms. The Hall–Kier alpha value is -2.26. The highest BCUT2D eigenvalue weighted by molar-refractivity contribution is 7.73. The first-order valence-electron chi connectivity index (χ1n) is 14.8. The van der Waals surface area contributed by atoms with Gasteiger partial charge in [0.25, 0.3) is 0 Å². The second-order valence-corrected chi connectivity index (χ2v) is 16.7. The topological polar surface area (TPSA) is 0 Å². The number of fused-ring (bicyclic) bond motifs is 2. The van der Waals surface area contributed by atoms with Crippen LogP contribution in [0.15, 0.2) is 97.1 Å². The van der Waals surface area contributed by atoms with Crippen LogP contribution in [0.2, 0.25) is 0 Å². The maximum absolute atomic E-state index is 2.43. The van der Waals surface area contributed by atoms with Gasteiger partial charge in [0.2, 0.25) is 0 Å². The highest BCUT2D eigenvalue weighted by Gasteiger charge is 2.48. The Balaban J connectivity index is 1.34. The van der Waals surface area contributed by atoms with Crippen molar-refractivity contribution in [3.63, 3.8) is 0 Å². The molecule has 200 valence electrons. The lowest BCUT2D eigenvalue weighted by Crippen LogP contribution is -2.32. The summed E-state index contributed by atoms with van der Waals surface area (Å²) in [5, 5.41) is 6.22. The normalized spacial score (nSPS) is 22.2. The highest BCUT2D eigenvalue weighted by atomic mass is 31.1. The third-order valence-corrected chi connectivity index (χ3v) is 14.7. The first-order chi connectivity index (χ1) is 18.9. The molecule has 4 unspecified atom stereocenters. The monoisotopic (exact) mass is 548 g/mol. The van der Waals surface area contributed by atoms with Crippen molar-refractivity contribution in [3.05, 3.63) is 119 Å². The molecule has 6 rings (SSSR count). The molecule has 4 aromatic rings. The lowest BCUT2D eigenvalue weighted by atomic mass is 9.81. The maximum atomic E-state index is 2.43. The molecule has 0 spiro atoms. The van der Waals surface area contributed by atoms with Gasteiger partial charge in [-0.1, -0.05) is 119 Å². The summed E-state index contributed by atoms with van der Waals surface area (Å²) in [6.45, 7) is 8.84. The Labute approximate surface area is 238 Å². The van der Waals surface area contributed by atoms with E-state index in [0.717, 1.165) is 23.7 Å². The van der Waals surface area contributed by atoms with E-state index in [1.165, 1.54) is 53.8 Å². The first-order valence-corrected chi connectivity index (χ1v) is 17.8. The van der Waals surface area contributed by atoms with E-state index in [4.69, 9.17) is 0 Å². The zero-order valence-corrected chi connectivity index (χ0v) is 25.8. The first kappa shape index (κ1) is 26.9. The minimum absolute atomic E-state index is 0.360. The third-order valence-electron chi connectivity index (χ3n) is 9.44. The summed E-state index contributed by atoms with van der Waals surface area (Å²) in [6.07, 6.45) is 7.05. The molecule has 39 heavy (non-hydrogen) atoms. The Morgan fingerprint density at radius 3 is 0.949 bits per heavy atom. The fraction of sp³-hybridized carbons (Fsp3) is 0.351. The largest absolute Gasteiger partial charge is 0.0587 e. The van der Waals surface area contributed by atoms with Gasteiger partial charge in [-0.25, -0.2) is 0 Å². The van der Waals surface area contributed by atoms with Gasteiger partial charge in [0.05, 0.1) is 0 Å². The van der Waals surface area contributed by atoms with E-state index in [1.54, 1.807) is 21.2 Å². The van der Waals surface area contributed by atoms with Crippen molar-refractivity contribution in [3.8, 4) is 0 Å². The molecular weight excluding hydrogens is 506 g/mol. The molecule has 2 fully saturated rings. The molecule has 2 aliphatic carbocycles. The van der Waals surface area contributed by atoms with Crippen LogP contribution in [-0.4, -0.2) is 12.3 Å². The number of aryl methyl sites for hydroxylation is 4. The van der Waals surface area contributed by atoms with E-state index in [1.807, 2.05) is 0 Å². The molecule has 4 aromatic carbocycles. The molecule has 0 aromatic heterocycles. The van der Waals surface area contributed by atoms with Crippen LogP contribution >= 0.6 is 15.8 Å². The second-order valence-electron chi connectivity index (χ2n) is 12.2. The van der Waals surface area contributed by atoms with Crippen LogP contribution in [-0.2, 0) is 0 Å². The average molecular weight is 549 g/mol. The Kier molecular flexibility index (Phi) is 8.08. The molecular formula is C37H42P2. The standard InChI is InChI=1S/C37H42P2/c1-26-5-15-32(16-6-26)38(33-17-7-27(2)8-18-33)24-36-30-13-14-31(23-30)37(36)25-39(34-19-9-28(3)10-20-34)35-21-11-29(4)12-22-35/h5-12,15-22,30-31,36-37H,13-14,23-25H2,1-4H3. The third kappa shape index (κ3) is 5.94. The molecule has 4 atom stereocenters. The van der Waals surface area contributed by atoms with E-state index in [2.05, 4.69) is 125 Å². The summed E-state index contributed by atoms with van der Waals surface area (Å²) in [6, 6.07) is 38.0. The molecule has 2 saturated carbocycles. The molecule has 0 nitrogen and oxygen atoms in total. The molecule has 0 saturated heterocycles. The van der Waals surface area contributed by atoms with E-state index >= 15 is 0 Å². The van der Waals surface area contributed by atoms with Crippen molar-refractivity contribution >= 4 is 37.1 Å². The van der Waals surface area contributed by atoms with Crippen LogP contribution < -0.4 is 21.2 Å². The lowest BCUT2D eigenvalue weighted by Gasteiger charge is -2.36. The van der Waals surface area contributed by atoms with Gasteiger partial charge < -0.3 is 0 Å². The van der Waals surface area contributed by atoms with Crippen LogP contribution in [0.3, 0.4) is 0 Å². The second kappa shape index (κ2) is 11.7. The minimum atomic E-state index is -0.360. The molecule has 2 bridgehead atoms. The zero-order chi connectivity index (χ0) is 26.9. The van der Waals surface area contributed by atoms with Crippen molar-refractivity contribution < 1.29 is 0 Å². The van der Waals surface area contributed by atoms with Crippen LogP contribution in [0.25, 0.3) is 0 Å². The van der Waals surface area contributed by atoms with Gasteiger partial charge in [-0.3, -0.25) is 0 Å². The predicted molar refractivity (Wildman–Crippen MR) is 175 cm³/mol. The highest BCUT2D eigenvalue weighted by Crippen LogP contribution is 2.58. The summed E-state index contributed by atoms with van der Waals surface area (Å²) in [7, 11) is -0.720. The number of benzene rings is 4. The molecule has 2 aliphatic rings. The van der Waals surface area contributed by atoms with E-state index in [9.17, 15) is 0 Å². The maximum Gasteiger partial charge on any atom is -0.0195 e. The summed E-state index contributed by atoms with van der Waals surface area (Å²) in [5.41, 5.74) is 5.43. The van der Waals surface area contributed by atoms with Crippen molar-refractivity contribution in [2.24, 2.45) is 23.7 Å². The SMILES string of the molecule is Cc1ccc(P(CC2C3CCC(C3)C2CP(c2ccc(C)cc2)c2ccc(C)cc2)c2ccc(C)cc2)cc1. The Morgan fingerprint density at radius 2 is 0.692 bits per heavy atom. The van der Waals surface area contributed by atoms with Crippen LogP contribution in [0.5, 0.6) is 0 Å². The lowest BCUT2D eigenvalue weighted by molar-refractivity contribution is 0.267. The fourth-order valence-electron chi connectivity index (χ4n) is 7.14. The van der Waals surface area contributed by atoms with Gasteiger partial charge in [0, 0.05) is 0 Å². The average Bonchev–Trinajstić information content (AvgIpc) is 3.55. The predicted octanol–water partition coefficient (Wildman–Crippen LogP) is 8.15. The van der Waals surface area contributed by atoms with Gasteiger partial charge >= 0.3 is 0 Å². The Bertz CT molecular complexity index is 1170. The zero-order valence-electron chi connectivity index (χ0n) is 24.0. The van der Waals surface area contributed by atoms with Gasteiger partial charge in [-0.05, 0) is 120 Å². The molecule has 0 heterocycles. The quantitative estimate of drug-likeness (QED) is 0.195. The summed E-state index contributed by atoms with van der Waals surface area (Å²) in [4.78, 5) is 0. The van der Waals surface area contributed by atoms with Gasteiger partial charge in [0.15, 0.2) is 0 Å². The number of hydrogen-bond acceptors (Lipinski definition) is 0. The molecule has 0 radical (unpaired) electrons. The van der Waals surface area contributed by atoms with E-state index in [-0.39, 0.29) is 15.8 Å². The van der Waals surface area contributed by atoms with Gasteiger partial charge in [-0.15, -0.1) is 0 Å². The molecule has 0 N–H and O–H groups in total. The van der Waals surface area contributed by atoms with Crippen molar-refractivity contribution in [2.45, 2.75) is 47.0 Å². The number of hydrogen-bond donors (Lipinski definition) is 0. The summed E-state index contributed by atoms with van der Waals surface area (Å²) < 4.78 is 0. The Morgan fingerprint density at radius 1 is 0.436 bits per heavy atom. The van der Waals surface area contributed by atoms with Gasteiger partial charge in [-0.2, -0.15) is 0 Å². The molecule has 0 amide bonds. The van der Waals surface area contributed by atoms with Crippen molar-refractivity contribution in [2.75, 3.05) is 12.3 Å². The van der Waals surface area contributed by atoms with Crippen LogP contribution in [0, 0.1) is 51.4 Å². The van der Waals surface area contributed by atoms with Crippen LogP contribution in [0.1, 0.15) is 41.5 Å². The van der Waals surface area contributed by atoms with Crippen molar-refractivity contribution in [1.82, 2.24) is 0 Å². The number of rotatable bonds is 8. The fourth-order valence-corrected chi connectivity index (χ4v) is 12.6. The summed E-state index contributed by atoms with van der Waals surface area (Å²) in [5.74, 6) is 3.49. The summed E-state index contributed by atoms with van der Waals surface area (Å²) >= 11 is 0. The van der Waals surface area contributed by atoms with Crippen molar-refractivity contribution in [1.29, 1.82) is 0 Å². The van der Waals surface area contributed by atoms with Gasteiger partial charge in [0.1, 0.15) is 0 Å². The minimum Gasteiger partial charge on any atom is -0.0587 e.